The molecule has 1 aliphatic rings. The molecule has 1 fully saturated rings. The van der Waals surface area contributed by atoms with Crippen LogP contribution < -0.4 is 15.2 Å². The van der Waals surface area contributed by atoms with Crippen LogP contribution in [0.15, 0.2) is 17.0 Å². The van der Waals surface area contributed by atoms with E-state index in [1.807, 2.05) is 13.8 Å². The summed E-state index contributed by atoms with van der Waals surface area (Å²) in [6.07, 6.45) is 3.81. The molecule has 1 aromatic carbocycles. The summed E-state index contributed by atoms with van der Waals surface area (Å²) in [6.45, 7) is 3.77. The van der Waals surface area contributed by atoms with Crippen molar-refractivity contribution in [1.82, 2.24) is 4.72 Å². The first-order valence-electron chi connectivity index (χ1n) is 6.75. The van der Waals surface area contributed by atoms with Crippen LogP contribution in [-0.4, -0.2) is 21.1 Å². The van der Waals surface area contributed by atoms with Crippen LogP contribution in [0.1, 0.15) is 38.2 Å². The maximum absolute atomic E-state index is 12.6. The smallest absolute Gasteiger partial charge is 0.244 e. The summed E-state index contributed by atoms with van der Waals surface area (Å²) in [4.78, 5) is 0.108. The molecular formula is C14H22N2O3S. The summed E-state index contributed by atoms with van der Waals surface area (Å²) in [7, 11) is -2.18. The van der Waals surface area contributed by atoms with Crippen LogP contribution >= 0.6 is 0 Å². The Balaban J connectivity index is 2.41. The van der Waals surface area contributed by atoms with Gasteiger partial charge < -0.3 is 10.5 Å². The predicted octanol–water partition coefficient (Wildman–Crippen LogP) is 2.20. The molecule has 0 amide bonds. The zero-order chi connectivity index (χ0) is 15.0. The highest BCUT2D eigenvalue weighted by atomic mass is 32.2. The van der Waals surface area contributed by atoms with Crippen LogP contribution in [0.5, 0.6) is 5.75 Å². The van der Waals surface area contributed by atoms with Gasteiger partial charge in [-0.25, -0.2) is 13.1 Å². The van der Waals surface area contributed by atoms with Gasteiger partial charge in [-0.15, -0.1) is 0 Å². The standard InChI is InChI=1S/C14H22N2O3S/c1-10-8-12(19-3)13(9-11(10)15)20(17,18)16-14(2)6-4-5-7-14/h8-9,16H,4-7,15H2,1-3H3. The zero-order valence-electron chi connectivity index (χ0n) is 12.2. The summed E-state index contributed by atoms with van der Waals surface area (Å²) in [5, 5.41) is 0. The van der Waals surface area contributed by atoms with Crippen LogP contribution in [0.4, 0.5) is 5.69 Å². The van der Waals surface area contributed by atoms with E-state index in [1.165, 1.54) is 13.2 Å². The van der Waals surface area contributed by atoms with Crippen molar-refractivity contribution >= 4 is 15.7 Å². The van der Waals surface area contributed by atoms with E-state index in [4.69, 9.17) is 10.5 Å². The van der Waals surface area contributed by atoms with Crippen molar-refractivity contribution in [2.45, 2.75) is 50.0 Å². The molecule has 1 saturated carbocycles. The highest BCUT2D eigenvalue weighted by molar-refractivity contribution is 7.89. The third-order valence-electron chi connectivity index (χ3n) is 3.93. The minimum absolute atomic E-state index is 0.108. The van der Waals surface area contributed by atoms with Gasteiger partial charge in [-0.05, 0) is 44.4 Å². The molecule has 0 atom stereocenters. The number of methoxy groups -OCH3 is 1. The maximum atomic E-state index is 12.6. The summed E-state index contributed by atoms with van der Waals surface area (Å²) < 4.78 is 33.2. The molecule has 5 nitrogen and oxygen atoms in total. The fourth-order valence-corrected chi connectivity index (χ4v) is 4.34. The van der Waals surface area contributed by atoms with E-state index in [0.717, 1.165) is 31.2 Å². The number of nitrogens with one attached hydrogen (secondary N) is 1. The van der Waals surface area contributed by atoms with Crippen LogP contribution in [-0.2, 0) is 10.0 Å². The van der Waals surface area contributed by atoms with Gasteiger partial charge in [-0.1, -0.05) is 12.8 Å². The van der Waals surface area contributed by atoms with Gasteiger partial charge in [0.05, 0.1) is 7.11 Å². The van der Waals surface area contributed by atoms with Crippen molar-refractivity contribution in [1.29, 1.82) is 0 Å². The average Bonchev–Trinajstić information content (AvgIpc) is 2.77. The van der Waals surface area contributed by atoms with Gasteiger partial charge >= 0.3 is 0 Å². The van der Waals surface area contributed by atoms with E-state index in [9.17, 15) is 8.42 Å². The lowest BCUT2D eigenvalue weighted by atomic mass is 10.0. The second kappa shape index (κ2) is 5.26. The monoisotopic (exact) mass is 298 g/mol. The summed E-state index contributed by atoms with van der Waals surface area (Å²) in [5.74, 6) is 0.325. The highest BCUT2D eigenvalue weighted by Gasteiger charge is 2.34. The zero-order valence-corrected chi connectivity index (χ0v) is 13.0. The molecule has 2 rings (SSSR count). The second-order valence-corrected chi connectivity index (χ2v) is 7.38. The fraction of sp³-hybridized carbons (Fsp3) is 0.571. The molecule has 0 radical (unpaired) electrons. The normalized spacial score (nSPS) is 18.1. The Morgan fingerprint density at radius 3 is 2.45 bits per heavy atom. The van der Waals surface area contributed by atoms with Crippen LogP contribution in [0.3, 0.4) is 0 Å². The van der Waals surface area contributed by atoms with E-state index in [2.05, 4.69) is 4.72 Å². The van der Waals surface area contributed by atoms with Gasteiger partial charge in [0.2, 0.25) is 10.0 Å². The first-order valence-corrected chi connectivity index (χ1v) is 8.24. The van der Waals surface area contributed by atoms with Crippen LogP contribution in [0.2, 0.25) is 0 Å². The Bertz CT molecular complexity index is 605. The number of sulfonamides is 1. The minimum Gasteiger partial charge on any atom is -0.495 e. The van der Waals surface area contributed by atoms with Crippen LogP contribution in [0.25, 0.3) is 0 Å². The van der Waals surface area contributed by atoms with Gasteiger partial charge in [-0.3, -0.25) is 0 Å². The molecule has 0 saturated heterocycles. The molecule has 0 spiro atoms. The van der Waals surface area contributed by atoms with Crippen molar-refractivity contribution in [3.05, 3.63) is 17.7 Å². The molecule has 0 aromatic heterocycles. The molecule has 1 aromatic rings. The summed E-state index contributed by atoms with van der Waals surface area (Å²) >= 11 is 0. The lowest BCUT2D eigenvalue weighted by molar-refractivity contribution is 0.397. The SMILES string of the molecule is COc1cc(C)c(N)cc1S(=O)(=O)NC1(C)CCCC1. The number of nitrogen functional groups attached to an aromatic ring is 1. The first kappa shape index (κ1) is 15.1. The number of hydrogen-bond acceptors (Lipinski definition) is 4. The molecule has 1 aliphatic carbocycles. The highest BCUT2D eigenvalue weighted by Crippen LogP contribution is 2.33. The Morgan fingerprint density at radius 2 is 1.90 bits per heavy atom. The number of ether oxygens (including phenoxy) is 1. The molecule has 0 aliphatic heterocycles. The largest absolute Gasteiger partial charge is 0.495 e. The van der Waals surface area contributed by atoms with Crippen molar-refractivity contribution in [3.8, 4) is 5.75 Å². The fourth-order valence-electron chi connectivity index (χ4n) is 2.68. The van der Waals surface area contributed by atoms with Crippen molar-refractivity contribution < 1.29 is 13.2 Å². The lowest BCUT2D eigenvalue weighted by Crippen LogP contribution is -2.43. The van der Waals surface area contributed by atoms with E-state index in [1.54, 1.807) is 6.07 Å². The molecule has 112 valence electrons. The molecule has 0 heterocycles. The molecule has 6 heteroatoms. The Hall–Kier alpha value is -1.27. The Labute approximate surface area is 120 Å². The van der Waals surface area contributed by atoms with E-state index in [0.29, 0.717) is 11.4 Å². The van der Waals surface area contributed by atoms with E-state index in [-0.39, 0.29) is 10.4 Å². The van der Waals surface area contributed by atoms with E-state index < -0.39 is 10.0 Å². The van der Waals surface area contributed by atoms with Gasteiger partial charge in [0.1, 0.15) is 10.6 Å². The third kappa shape index (κ3) is 2.91. The third-order valence-corrected chi connectivity index (χ3v) is 5.59. The average molecular weight is 298 g/mol. The van der Waals surface area contributed by atoms with Crippen molar-refractivity contribution in [2.75, 3.05) is 12.8 Å². The molecule has 0 bridgehead atoms. The number of hydrogen-bond donors (Lipinski definition) is 2. The molecule has 3 N–H and O–H groups in total. The van der Waals surface area contributed by atoms with Gasteiger partial charge in [0, 0.05) is 11.2 Å². The van der Waals surface area contributed by atoms with E-state index >= 15 is 0 Å². The molecular weight excluding hydrogens is 276 g/mol. The number of nitrogens with two attached hydrogens (primary N) is 1. The molecule has 0 unspecified atom stereocenters. The number of aryl methyl sites for hydroxylation is 1. The summed E-state index contributed by atoms with van der Waals surface area (Å²) in [5.41, 5.74) is 6.71. The second-order valence-electron chi connectivity index (χ2n) is 5.73. The predicted molar refractivity (Wildman–Crippen MR) is 79.3 cm³/mol. The summed E-state index contributed by atoms with van der Waals surface area (Å²) in [6, 6.07) is 3.12. The first-order chi connectivity index (χ1) is 9.27. The van der Waals surface area contributed by atoms with Gasteiger partial charge in [0.15, 0.2) is 0 Å². The number of anilines is 1. The number of benzene rings is 1. The maximum Gasteiger partial charge on any atom is 0.244 e. The topological polar surface area (TPSA) is 81.4 Å². The van der Waals surface area contributed by atoms with Gasteiger partial charge in [0.25, 0.3) is 0 Å². The van der Waals surface area contributed by atoms with Crippen molar-refractivity contribution in [2.24, 2.45) is 0 Å². The lowest BCUT2D eigenvalue weighted by Gasteiger charge is -2.25. The molecule has 20 heavy (non-hydrogen) atoms. The minimum atomic E-state index is -3.64. The van der Waals surface area contributed by atoms with Crippen LogP contribution in [0, 0.1) is 6.92 Å². The van der Waals surface area contributed by atoms with Gasteiger partial charge in [-0.2, -0.15) is 0 Å². The number of rotatable bonds is 4. The quantitative estimate of drug-likeness (QED) is 0.835. The Morgan fingerprint density at radius 1 is 1.30 bits per heavy atom. The Kier molecular flexibility index (Phi) is 3.97. The van der Waals surface area contributed by atoms with Crippen molar-refractivity contribution in [3.63, 3.8) is 0 Å².